The predicted molar refractivity (Wildman–Crippen MR) is 281 cm³/mol. The number of rotatable bonds is 8. The van der Waals surface area contributed by atoms with Gasteiger partial charge in [0.15, 0.2) is 17.5 Å². The van der Waals surface area contributed by atoms with Crippen molar-refractivity contribution in [2.75, 3.05) is 0 Å². The first-order valence-corrected chi connectivity index (χ1v) is 22.9. The molecule has 0 saturated heterocycles. The van der Waals surface area contributed by atoms with Crippen molar-refractivity contribution in [3.05, 3.63) is 228 Å². The molecule has 0 aliphatic rings. The maximum atomic E-state index is 10.4. The number of nitriles is 6. The van der Waals surface area contributed by atoms with Crippen molar-refractivity contribution in [1.29, 1.82) is 31.6 Å². The van der Waals surface area contributed by atoms with Gasteiger partial charge in [0.1, 0.15) is 0 Å². The number of benzene rings is 9. The zero-order valence-corrected chi connectivity index (χ0v) is 38.4. The zero-order valence-electron chi connectivity index (χ0n) is 38.4. The van der Waals surface area contributed by atoms with Crippen LogP contribution in [0.2, 0.25) is 0 Å². The second kappa shape index (κ2) is 18.7. The molecular weight excluding hydrogens is 897 g/mol. The Morgan fingerprint density at radius 2 is 0.616 bits per heavy atom. The first-order chi connectivity index (χ1) is 35.8. The Bertz CT molecular complexity index is 4010. The summed E-state index contributed by atoms with van der Waals surface area (Å²) in [6, 6.07) is 73.9. The van der Waals surface area contributed by atoms with E-state index in [-0.39, 0.29) is 22.3 Å². The van der Waals surface area contributed by atoms with Crippen molar-refractivity contribution in [3.8, 4) is 121 Å². The zero-order chi connectivity index (χ0) is 50.0. The van der Waals surface area contributed by atoms with Gasteiger partial charge in [-0.3, -0.25) is 0 Å². The average Bonchev–Trinajstić information content (AvgIpc) is 3.79. The highest BCUT2D eigenvalue weighted by Gasteiger charge is 2.25. The van der Waals surface area contributed by atoms with Crippen LogP contribution in [0.3, 0.4) is 0 Å². The van der Waals surface area contributed by atoms with E-state index in [4.69, 9.17) is 15.0 Å². The van der Waals surface area contributed by atoms with Crippen molar-refractivity contribution in [1.82, 2.24) is 19.5 Å². The number of fused-ring (bicyclic) bond motifs is 3. The Morgan fingerprint density at radius 1 is 0.274 bits per heavy atom. The molecule has 0 radical (unpaired) electrons. The molecule has 2 heterocycles. The molecule has 10 heteroatoms. The Labute approximate surface area is 419 Å². The van der Waals surface area contributed by atoms with E-state index >= 15 is 0 Å². The molecule has 0 N–H and O–H groups in total. The summed E-state index contributed by atoms with van der Waals surface area (Å²) in [4.78, 5) is 15.2. The van der Waals surface area contributed by atoms with Crippen LogP contribution in [0.1, 0.15) is 33.4 Å². The van der Waals surface area contributed by atoms with E-state index in [9.17, 15) is 31.6 Å². The smallest absolute Gasteiger partial charge is 0.164 e. The van der Waals surface area contributed by atoms with Crippen LogP contribution in [-0.4, -0.2) is 19.5 Å². The molecule has 0 bridgehead atoms. The molecule has 9 aromatic carbocycles. The van der Waals surface area contributed by atoms with E-state index in [0.29, 0.717) is 62.1 Å². The number of hydrogen-bond donors (Lipinski definition) is 0. The van der Waals surface area contributed by atoms with Gasteiger partial charge in [0.05, 0.1) is 86.5 Å². The minimum atomic E-state index is 0.263. The van der Waals surface area contributed by atoms with Crippen LogP contribution < -0.4 is 0 Å². The van der Waals surface area contributed by atoms with Crippen molar-refractivity contribution in [2.24, 2.45) is 0 Å². The first-order valence-electron chi connectivity index (χ1n) is 22.9. The van der Waals surface area contributed by atoms with Gasteiger partial charge in [-0.15, -0.1) is 0 Å². The van der Waals surface area contributed by atoms with Crippen molar-refractivity contribution in [3.63, 3.8) is 0 Å². The van der Waals surface area contributed by atoms with E-state index in [0.717, 1.165) is 55.2 Å². The van der Waals surface area contributed by atoms with E-state index in [1.807, 2.05) is 133 Å². The molecule has 334 valence electrons. The van der Waals surface area contributed by atoms with Crippen LogP contribution in [0.5, 0.6) is 0 Å². The molecule has 0 aliphatic heterocycles. The van der Waals surface area contributed by atoms with Crippen LogP contribution in [0.25, 0.3) is 106 Å². The fourth-order valence-electron chi connectivity index (χ4n) is 9.37. The lowest BCUT2D eigenvalue weighted by Gasteiger charge is -2.21. The maximum absolute atomic E-state index is 10.4. The fraction of sp³-hybridized carbons (Fsp3) is 0. The van der Waals surface area contributed by atoms with E-state index in [1.54, 1.807) is 48.5 Å². The van der Waals surface area contributed by atoms with Gasteiger partial charge in [-0.1, -0.05) is 97.1 Å². The van der Waals surface area contributed by atoms with Crippen LogP contribution >= 0.6 is 0 Å². The Morgan fingerprint density at radius 3 is 1.00 bits per heavy atom. The molecule has 0 atom stereocenters. The lowest BCUT2D eigenvalue weighted by molar-refractivity contribution is 1.07. The minimum absolute atomic E-state index is 0.263. The number of hydrogen-bond acceptors (Lipinski definition) is 9. The predicted octanol–water partition coefficient (Wildman–Crippen LogP) is 13.9. The highest BCUT2D eigenvalue weighted by molar-refractivity contribution is 6.13. The normalized spacial score (nSPS) is 10.7. The average molecular weight is 929 g/mol. The maximum Gasteiger partial charge on any atom is 0.164 e. The molecule has 11 rings (SSSR count). The van der Waals surface area contributed by atoms with Gasteiger partial charge < -0.3 is 4.57 Å². The molecule has 0 fully saturated rings. The fourth-order valence-corrected chi connectivity index (χ4v) is 9.37. The Balaban J connectivity index is 1.31. The molecule has 11 aromatic rings. The van der Waals surface area contributed by atoms with Gasteiger partial charge in [0.25, 0.3) is 0 Å². The number of aromatic nitrogens is 4. The van der Waals surface area contributed by atoms with Gasteiger partial charge >= 0.3 is 0 Å². The van der Waals surface area contributed by atoms with Gasteiger partial charge in [-0.25, -0.2) is 15.0 Å². The lowest BCUT2D eigenvalue weighted by Crippen LogP contribution is -2.04. The molecule has 0 unspecified atom stereocenters. The van der Waals surface area contributed by atoms with Crippen LogP contribution in [0.15, 0.2) is 194 Å². The molecule has 0 amide bonds. The summed E-state index contributed by atoms with van der Waals surface area (Å²) in [6.07, 6.45) is 0. The van der Waals surface area contributed by atoms with Gasteiger partial charge in [-0.2, -0.15) is 31.6 Å². The van der Waals surface area contributed by atoms with Crippen LogP contribution in [-0.2, 0) is 0 Å². The van der Waals surface area contributed by atoms with Crippen LogP contribution in [0, 0.1) is 68.0 Å². The summed E-state index contributed by atoms with van der Waals surface area (Å²) in [5.41, 5.74) is 12.0. The minimum Gasteiger partial charge on any atom is -0.308 e. The van der Waals surface area contributed by atoms with Crippen molar-refractivity contribution < 1.29 is 0 Å². The SMILES string of the molecule is N#Cc1cccc(-c2ccc3c(c2)c2cc(-c4cccc(C#N)c4)ccc2n3-c2c(-c3cc(C#N)cc(C#N)c3)cc(-c3nc(-c4ccccc4)nc(-c4ccccc4)n3)cc2-c2cc(C#N)cc(C#N)c2)c1. The monoisotopic (exact) mass is 928 g/mol. The van der Waals surface area contributed by atoms with E-state index in [1.165, 1.54) is 0 Å². The summed E-state index contributed by atoms with van der Waals surface area (Å²) in [6.45, 7) is 0. The Kier molecular flexibility index (Phi) is 11.3. The number of nitrogens with zero attached hydrogens (tertiary/aromatic N) is 10. The summed E-state index contributed by atoms with van der Waals surface area (Å²) < 4.78 is 2.14. The van der Waals surface area contributed by atoms with Crippen molar-refractivity contribution in [2.45, 2.75) is 0 Å². The molecule has 0 spiro atoms. The summed E-state index contributed by atoms with van der Waals surface area (Å²) in [5.74, 6) is 1.19. The second-order valence-corrected chi connectivity index (χ2v) is 17.2. The quantitative estimate of drug-likeness (QED) is 0.143. The highest BCUT2D eigenvalue weighted by atomic mass is 15.0. The van der Waals surface area contributed by atoms with Gasteiger partial charge in [0.2, 0.25) is 0 Å². The summed E-state index contributed by atoms with van der Waals surface area (Å²) in [5, 5.41) is 63.2. The molecular formula is C63H32N10. The highest BCUT2D eigenvalue weighted by Crippen LogP contribution is 2.46. The summed E-state index contributed by atoms with van der Waals surface area (Å²) >= 11 is 0. The Hall–Kier alpha value is -11.3. The van der Waals surface area contributed by atoms with Crippen molar-refractivity contribution >= 4 is 21.8 Å². The van der Waals surface area contributed by atoms with E-state index < -0.39 is 0 Å². The second-order valence-electron chi connectivity index (χ2n) is 17.2. The van der Waals surface area contributed by atoms with E-state index in [2.05, 4.69) is 53.1 Å². The summed E-state index contributed by atoms with van der Waals surface area (Å²) in [7, 11) is 0. The topological polar surface area (TPSA) is 186 Å². The third-order valence-electron chi connectivity index (χ3n) is 12.7. The lowest BCUT2D eigenvalue weighted by atomic mass is 9.90. The third kappa shape index (κ3) is 8.31. The first kappa shape index (κ1) is 44.2. The third-order valence-corrected chi connectivity index (χ3v) is 12.7. The molecule has 0 saturated carbocycles. The largest absolute Gasteiger partial charge is 0.308 e. The van der Waals surface area contributed by atoms with Crippen LogP contribution in [0.4, 0.5) is 0 Å². The van der Waals surface area contributed by atoms with Gasteiger partial charge in [0, 0.05) is 38.6 Å². The standard InChI is InChI=1S/C63H32N10/c64-33-39-9-7-15-47(23-39)49-17-19-58-56(29-49)57-30-50(48-16-8-10-40(24-48)34-65)18-20-59(57)73(58)60-54(51-25-41(35-66)21-42(26-51)36-67)31-53(32-55(60)52-27-43(37-68)22-44(28-52)38-69)63-71-61(45-11-3-1-4-12-45)70-62(72-63)46-13-5-2-6-14-46/h1-32H. The molecule has 0 aliphatic carbocycles. The molecule has 73 heavy (non-hydrogen) atoms. The molecule has 10 nitrogen and oxygen atoms in total. The van der Waals surface area contributed by atoms with Gasteiger partial charge in [-0.05, 0) is 130 Å². The molecule has 2 aromatic heterocycles.